The van der Waals surface area contributed by atoms with E-state index in [4.69, 9.17) is 14.6 Å². The number of hydrogen-bond donors (Lipinski definition) is 7. The van der Waals surface area contributed by atoms with Crippen molar-refractivity contribution < 1.29 is 83.9 Å². The van der Waals surface area contributed by atoms with Gasteiger partial charge >= 0.3 is 0 Å². The normalized spacial score (nSPS) is 16.9. The van der Waals surface area contributed by atoms with Crippen molar-refractivity contribution in [3.05, 3.63) is 155 Å². The molecule has 0 bridgehead atoms. The molecule has 1 aromatic heterocycles. The minimum absolute atomic E-state index is 0.0368. The number of amides is 2. The largest absolute Gasteiger partial charge is 0.377 e. The first-order chi connectivity index (χ1) is 46.4. The molecule has 0 fully saturated rings. The van der Waals surface area contributed by atoms with Crippen molar-refractivity contribution in [2.45, 2.75) is 144 Å². The summed E-state index contributed by atoms with van der Waals surface area (Å²) in [5.41, 5.74) is 8.37. The highest BCUT2D eigenvalue weighted by Gasteiger charge is 2.45. The second-order valence-corrected chi connectivity index (χ2v) is 33.7. The summed E-state index contributed by atoms with van der Waals surface area (Å²) in [5.74, 6) is -1.41. The minimum atomic E-state index is -4.58. The smallest absolute Gasteiger partial charge is 0.294 e. The van der Waals surface area contributed by atoms with Crippen molar-refractivity contribution in [3.63, 3.8) is 0 Å². The molecule has 1 aliphatic carbocycles. The van der Waals surface area contributed by atoms with Gasteiger partial charge in [-0.25, -0.2) is 18.2 Å². The van der Waals surface area contributed by atoms with Crippen LogP contribution in [0.3, 0.4) is 0 Å². The first-order valence-electron chi connectivity index (χ1n) is 32.7. The monoisotopic (exact) mass is 1470 g/mol. The van der Waals surface area contributed by atoms with Gasteiger partial charge in [0.1, 0.15) is 18.3 Å². The van der Waals surface area contributed by atoms with Gasteiger partial charge in [-0.15, -0.1) is 5.10 Å². The third-order valence-electron chi connectivity index (χ3n) is 17.8. The van der Waals surface area contributed by atoms with E-state index < -0.39 is 78.9 Å². The van der Waals surface area contributed by atoms with E-state index in [9.17, 15) is 69.9 Å². The Labute approximate surface area is 580 Å². The van der Waals surface area contributed by atoms with Crippen molar-refractivity contribution in [1.29, 1.82) is 0 Å². The Morgan fingerprint density at radius 1 is 0.667 bits per heavy atom. The van der Waals surface area contributed by atoms with Crippen LogP contribution in [0.5, 0.6) is 0 Å². The summed E-state index contributed by atoms with van der Waals surface area (Å²) in [5, 5.41) is 19.3. The van der Waals surface area contributed by atoms with Crippen LogP contribution in [0, 0.1) is 5.92 Å². The Morgan fingerprint density at radius 2 is 1.26 bits per heavy atom. The molecule has 0 spiro atoms. The Morgan fingerprint density at radius 3 is 1.88 bits per heavy atom. The van der Waals surface area contributed by atoms with Crippen molar-refractivity contribution in [2.75, 3.05) is 69.0 Å². The van der Waals surface area contributed by atoms with Gasteiger partial charge in [0.25, 0.3) is 40.5 Å². The molecule has 4 aromatic carbocycles. The highest BCUT2D eigenvalue weighted by Crippen LogP contribution is 2.50. The molecule has 1 atom stereocenters. The lowest BCUT2D eigenvalue weighted by molar-refractivity contribution is -0.438. The summed E-state index contributed by atoms with van der Waals surface area (Å²) in [6, 6.07) is 22.2. The summed E-state index contributed by atoms with van der Waals surface area (Å²) in [7, 11) is -21.5. The standard InChI is InChI=1S/C68H88N8O18S5/c1-47(2)65(76-46-58(72-73-76)49-22-26-53(27-23-49)97(69,85)86)66(78)71-35-39-94-41-40-93-38-34-70-63(77)17-8-7-14-48-18-20-52(21-19-48)64-50(24-32-61-67(3,4)56-44-54(98(87,88)89)28-30-59(56)74(61)36-9-11-42-95(79,80)81)15-13-16-51(64)25-33-62-68(5,6)57-45-55(99(90,91)92)29-31-60(57)75(62)37-10-12-43-96(82,83)84/h18-33,44-47,65H,7-17,34-43H2,1-6H3,(H7-,69,70,71,77,78,79,80,81,82,83,84,85,86,87,88,89,90,91,92)/p+1/t65-/m0/s1. The SMILES string of the molecule is CC(C)[C@@H](C(=O)NCCOCCOCCNC(=O)CCCCc1ccc(C2=C(/C=C/C3=[N+](CCCCS(=O)(=O)O)c4ccc(S(=O)(=O)O)cc4C3(C)C)CCC/C2=C\C=C2\N(CCCCS(=O)(=O)O)c3ccc(S(=O)(=O)O)cc3C2(C)C)cc1)n1cc(-c2ccc(S(N)(=O)=O)cc2)nn1. The Kier molecular flexibility index (Phi) is 25.6. The van der Waals surface area contributed by atoms with E-state index in [2.05, 4.69) is 45.2 Å². The number of aromatic nitrogens is 3. The van der Waals surface area contributed by atoms with E-state index in [-0.39, 0.29) is 78.2 Å². The molecule has 5 aromatic rings. The van der Waals surface area contributed by atoms with E-state index >= 15 is 0 Å². The molecule has 0 saturated carbocycles. The van der Waals surface area contributed by atoms with Crippen LogP contribution in [-0.2, 0) is 86.8 Å². The number of nitrogens with zero attached hydrogens (tertiary/aromatic N) is 5. The maximum absolute atomic E-state index is 13.2. The zero-order valence-electron chi connectivity index (χ0n) is 56.3. The number of aryl methyl sites for hydroxylation is 1. The number of nitrogens with one attached hydrogen (secondary N) is 2. The van der Waals surface area contributed by atoms with E-state index in [0.29, 0.717) is 98.3 Å². The van der Waals surface area contributed by atoms with Crippen LogP contribution in [0.25, 0.3) is 16.8 Å². The number of hydrogen-bond acceptors (Lipinski definition) is 17. The summed E-state index contributed by atoms with van der Waals surface area (Å²) >= 11 is 0. The molecule has 26 nitrogen and oxygen atoms in total. The molecular formula is C68H89N8O18S5+. The molecule has 3 heterocycles. The number of fused-ring (bicyclic) bond motifs is 2. The number of carbonyl (C=O) groups excluding carboxylic acids is 2. The maximum Gasteiger partial charge on any atom is 0.294 e. The predicted molar refractivity (Wildman–Crippen MR) is 375 cm³/mol. The van der Waals surface area contributed by atoms with Gasteiger partial charge in [-0.3, -0.25) is 27.8 Å². The fourth-order valence-corrected chi connectivity index (χ4v) is 15.4. The molecule has 8 N–H and O–H groups in total. The highest BCUT2D eigenvalue weighted by molar-refractivity contribution is 7.89. The van der Waals surface area contributed by atoms with E-state index in [1.54, 1.807) is 30.5 Å². The number of nitrogens with two attached hydrogens (primary N) is 1. The van der Waals surface area contributed by atoms with Gasteiger partial charge < -0.3 is 25.0 Å². The van der Waals surface area contributed by atoms with Crippen LogP contribution in [-0.4, -0.2) is 162 Å². The van der Waals surface area contributed by atoms with Crippen LogP contribution in [0.2, 0.25) is 0 Å². The fourth-order valence-electron chi connectivity index (χ4n) is 12.8. The number of allylic oxidation sites excluding steroid dienone is 8. The van der Waals surface area contributed by atoms with Crippen molar-refractivity contribution in [2.24, 2.45) is 11.1 Å². The molecule has 0 saturated heterocycles. The number of primary sulfonamides is 1. The molecule has 31 heteroatoms. The summed E-state index contributed by atoms with van der Waals surface area (Å²) in [6.07, 6.45) is 15.1. The van der Waals surface area contributed by atoms with Crippen LogP contribution in [0.4, 0.5) is 11.4 Å². The van der Waals surface area contributed by atoms with Gasteiger partial charge in [0, 0.05) is 72.5 Å². The molecular weight excluding hydrogens is 1380 g/mol. The Bertz CT molecular complexity index is 4540. The number of sulfonamides is 1. The lowest BCUT2D eigenvalue weighted by Gasteiger charge is -2.28. The van der Waals surface area contributed by atoms with Gasteiger partial charge in [0.2, 0.25) is 27.5 Å². The third-order valence-corrected chi connectivity index (χ3v) is 22.1. The highest BCUT2D eigenvalue weighted by atomic mass is 32.2. The van der Waals surface area contributed by atoms with E-state index in [1.165, 1.54) is 41.1 Å². The van der Waals surface area contributed by atoms with Crippen LogP contribution >= 0.6 is 0 Å². The molecule has 8 rings (SSSR count). The molecule has 0 unspecified atom stereocenters. The Balaban J connectivity index is 0.917. The van der Waals surface area contributed by atoms with Gasteiger partial charge in [0.05, 0.1) is 64.2 Å². The predicted octanol–water partition coefficient (Wildman–Crippen LogP) is 8.48. The lowest BCUT2D eigenvalue weighted by atomic mass is 9.79. The first kappa shape index (κ1) is 77.6. The Hall–Kier alpha value is -7.14. The van der Waals surface area contributed by atoms with Crippen LogP contribution in [0.15, 0.2) is 147 Å². The number of rotatable bonds is 35. The van der Waals surface area contributed by atoms with Crippen LogP contribution < -0.4 is 20.7 Å². The average Bonchev–Trinajstić information content (AvgIpc) is 1.60. The molecule has 99 heavy (non-hydrogen) atoms. The maximum atomic E-state index is 13.2. The first-order valence-corrected chi connectivity index (χ1v) is 40.3. The van der Waals surface area contributed by atoms with Gasteiger partial charge in [-0.2, -0.15) is 38.2 Å². The molecule has 538 valence electrons. The zero-order valence-corrected chi connectivity index (χ0v) is 60.4. The van der Waals surface area contributed by atoms with Crippen molar-refractivity contribution in [3.8, 4) is 11.3 Å². The number of ether oxygens (including phenoxy) is 2. The molecule has 2 aliphatic heterocycles. The van der Waals surface area contributed by atoms with E-state index in [0.717, 1.165) is 52.1 Å². The topological polar surface area (TPSA) is 391 Å². The van der Waals surface area contributed by atoms with E-state index in [1.807, 2.05) is 75.3 Å². The van der Waals surface area contributed by atoms with Gasteiger partial charge in [-0.05, 0) is 160 Å². The van der Waals surface area contributed by atoms with Crippen LogP contribution in [0.1, 0.15) is 134 Å². The number of benzene rings is 4. The second-order valence-electron chi connectivity index (χ2n) is 26.2. The van der Waals surface area contributed by atoms with Gasteiger partial charge in [0.15, 0.2) is 5.71 Å². The average molecular weight is 1470 g/mol. The number of carbonyl (C=O) groups is 2. The lowest BCUT2D eigenvalue weighted by Crippen LogP contribution is -2.37. The summed E-state index contributed by atoms with van der Waals surface area (Å²) < 4.78 is 174. The minimum Gasteiger partial charge on any atom is -0.377 e. The summed E-state index contributed by atoms with van der Waals surface area (Å²) in [4.78, 5) is 27.5. The number of unbranched alkanes of at least 4 members (excludes halogenated alkanes) is 3. The number of anilines is 1. The fraction of sp³-hybridized carbons (Fsp3) is 0.456. The molecule has 0 radical (unpaired) electrons. The molecule has 3 aliphatic rings. The van der Waals surface area contributed by atoms with Gasteiger partial charge in [-0.1, -0.05) is 81.5 Å². The third kappa shape index (κ3) is 20.8. The zero-order chi connectivity index (χ0) is 72.3. The van der Waals surface area contributed by atoms with Crippen molar-refractivity contribution in [1.82, 2.24) is 25.6 Å². The second kappa shape index (κ2) is 32.7. The summed E-state index contributed by atoms with van der Waals surface area (Å²) in [6.45, 7) is 13.7. The van der Waals surface area contributed by atoms with Crippen molar-refractivity contribution >= 4 is 85.0 Å². The molecule has 2 amide bonds. The quantitative estimate of drug-likeness (QED) is 0.0113.